The number of ketones is 1. The van der Waals surface area contributed by atoms with Gasteiger partial charge in [-0.05, 0) is 36.6 Å². The molecule has 0 saturated carbocycles. The molecule has 0 fully saturated rings. The molecule has 0 heterocycles. The molecule has 0 aliphatic carbocycles. The number of rotatable bonds is 8. The van der Waals surface area contributed by atoms with Crippen LogP contribution in [0.5, 0.6) is 5.75 Å². The van der Waals surface area contributed by atoms with E-state index in [4.69, 9.17) is 0 Å². The number of hydrogen-bond donors (Lipinski definition) is 1. The van der Waals surface area contributed by atoms with Crippen molar-refractivity contribution in [1.29, 1.82) is 0 Å². The van der Waals surface area contributed by atoms with Crippen molar-refractivity contribution in [3.05, 3.63) is 96.6 Å². The van der Waals surface area contributed by atoms with Gasteiger partial charge in [0.25, 0.3) is 0 Å². The second-order valence-electron chi connectivity index (χ2n) is 6.31. The number of phenolic OH excluding ortho intramolecular Hbond substituents is 1. The maximum Gasteiger partial charge on any atom is 0.185 e. The molecule has 0 spiro atoms. The summed E-state index contributed by atoms with van der Waals surface area (Å²) in [4.78, 5) is 12.0. The van der Waals surface area contributed by atoms with E-state index in [1.807, 2.05) is 60.7 Å². The molecular weight excluding hydrogens is 308 g/mol. The molecule has 0 aliphatic heterocycles. The molecule has 2 aromatic carbocycles. The first kappa shape index (κ1) is 18.5. The summed E-state index contributed by atoms with van der Waals surface area (Å²) in [5.41, 5.74) is 1.58. The molecule has 128 valence electrons. The topological polar surface area (TPSA) is 37.3 Å². The average Bonchev–Trinajstić information content (AvgIpc) is 2.65. The lowest BCUT2D eigenvalue weighted by Crippen LogP contribution is -2.08. The first-order valence-electron chi connectivity index (χ1n) is 8.40. The second kappa shape index (κ2) is 8.84. The van der Waals surface area contributed by atoms with Crippen LogP contribution in [0.1, 0.15) is 35.7 Å². The molecule has 0 saturated heterocycles. The molecule has 2 aromatic rings. The predicted molar refractivity (Wildman–Crippen MR) is 105 cm³/mol. The fourth-order valence-electron chi connectivity index (χ4n) is 2.41. The van der Waals surface area contributed by atoms with Crippen LogP contribution in [-0.4, -0.2) is 10.9 Å². The van der Waals surface area contributed by atoms with Crippen molar-refractivity contribution in [2.45, 2.75) is 19.8 Å². The summed E-state index contributed by atoms with van der Waals surface area (Å²) in [6, 6.07) is 16.3. The van der Waals surface area contributed by atoms with Gasteiger partial charge in [-0.2, -0.15) is 0 Å². The van der Waals surface area contributed by atoms with Gasteiger partial charge in [-0.15, -0.1) is 6.58 Å². The van der Waals surface area contributed by atoms with Gasteiger partial charge in [0, 0.05) is 11.0 Å². The van der Waals surface area contributed by atoms with E-state index >= 15 is 0 Å². The number of carbonyl (C=O) groups is 1. The Morgan fingerprint density at radius 2 is 1.80 bits per heavy atom. The lowest BCUT2D eigenvalue weighted by Gasteiger charge is -2.20. The van der Waals surface area contributed by atoms with Crippen LogP contribution in [0.4, 0.5) is 0 Å². The van der Waals surface area contributed by atoms with Crippen LogP contribution in [0.2, 0.25) is 0 Å². The van der Waals surface area contributed by atoms with Gasteiger partial charge in [0.1, 0.15) is 5.75 Å². The highest BCUT2D eigenvalue weighted by Gasteiger charge is 2.15. The molecule has 0 bridgehead atoms. The third kappa shape index (κ3) is 5.92. The van der Waals surface area contributed by atoms with Crippen LogP contribution in [0.15, 0.2) is 85.5 Å². The number of allylic oxidation sites excluding steroid dienone is 4. The lowest BCUT2D eigenvalue weighted by molar-refractivity contribution is 0.104. The van der Waals surface area contributed by atoms with Gasteiger partial charge in [0.15, 0.2) is 5.78 Å². The minimum atomic E-state index is -0.155. The number of hydrogen-bond acceptors (Lipinski definition) is 2. The maximum absolute atomic E-state index is 12.0. The van der Waals surface area contributed by atoms with Crippen LogP contribution in [0, 0.1) is 5.41 Å². The SMILES string of the molecule is C=C[C@@](C)(/C=C/c1ccc(O)cc1)CC/C=C/C(=O)c1ccccc1. The van der Waals surface area contributed by atoms with E-state index < -0.39 is 0 Å². The van der Waals surface area contributed by atoms with Gasteiger partial charge in [0.05, 0.1) is 0 Å². The van der Waals surface area contributed by atoms with Gasteiger partial charge < -0.3 is 5.11 Å². The highest BCUT2D eigenvalue weighted by atomic mass is 16.3. The lowest BCUT2D eigenvalue weighted by atomic mass is 9.84. The molecule has 2 rings (SSSR count). The highest BCUT2D eigenvalue weighted by molar-refractivity contribution is 6.04. The predicted octanol–water partition coefficient (Wildman–Crippen LogP) is 5.82. The van der Waals surface area contributed by atoms with Crippen molar-refractivity contribution in [1.82, 2.24) is 0 Å². The summed E-state index contributed by atoms with van der Waals surface area (Å²) < 4.78 is 0. The van der Waals surface area contributed by atoms with E-state index in [1.165, 1.54) is 0 Å². The Hall–Kier alpha value is -2.87. The molecule has 1 atom stereocenters. The monoisotopic (exact) mass is 332 g/mol. The average molecular weight is 332 g/mol. The minimum Gasteiger partial charge on any atom is -0.508 e. The molecule has 1 N–H and O–H groups in total. The largest absolute Gasteiger partial charge is 0.508 e. The molecule has 0 unspecified atom stereocenters. The fraction of sp³-hybridized carbons (Fsp3) is 0.174. The third-order valence-electron chi connectivity index (χ3n) is 4.19. The first-order valence-corrected chi connectivity index (χ1v) is 8.40. The van der Waals surface area contributed by atoms with Gasteiger partial charge in [-0.25, -0.2) is 0 Å². The van der Waals surface area contributed by atoms with Crippen LogP contribution in [-0.2, 0) is 0 Å². The van der Waals surface area contributed by atoms with Gasteiger partial charge >= 0.3 is 0 Å². The van der Waals surface area contributed by atoms with E-state index in [0.29, 0.717) is 5.56 Å². The van der Waals surface area contributed by atoms with E-state index in [1.54, 1.807) is 18.2 Å². The van der Waals surface area contributed by atoms with E-state index in [-0.39, 0.29) is 16.9 Å². The Kier molecular flexibility index (Phi) is 6.53. The summed E-state index contributed by atoms with van der Waals surface area (Å²) >= 11 is 0. The Bertz CT molecular complexity index is 754. The van der Waals surface area contributed by atoms with E-state index in [9.17, 15) is 9.90 Å². The summed E-state index contributed by atoms with van der Waals surface area (Å²) in [7, 11) is 0. The Morgan fingerprint density at radius 3 is 2.44 bits per heavy atom. The zero-order valence-corrected chi connectivity index (χ0v) is 14.6. The standard InChI is InChI=1S/C23H24O2/c1-3-23(2,18-16-19-12-14-21(24)15-13-19)17-8-7-11-22(25)20-9-5-4-6-10-20/h3-7,9-16,18,24H,1,8,17H2,2H3/b11-7+,18-16+/t23-/m1/s1. The van der Waals surface area contributed by atoms with Gasteiger partial charge in [0.2, 0.25) is 0 Å². The molecule has 25 heavy (non-hydrogen) atoms. The van der Waals surface area contributed by atoms with Gasteiger partial charge in [-0.1, -0.05) is 73.7 Å². The Labute approximate surface area is 149 Å². The zero-order chi connectivity index (χ0) is 18.1. The number of benzene rings is 2. The first-order chi connectivity index (χ1) is 12.0. The summed E-state index contributed by atoms with van der Waals surface area (Å²) in [5.74, 6) is 0.289. The van der Waals surface area contributed by atoms with Crippen LogP contribution in [0.25, 0.3) is 6.08 Å². The van der Waals surface area contributed by atoms with Crippen LogP contribution < -0.4 is 0 Å². The van der Waals surface area contributed by atoms with Crippen molar-refractivity contribution in [3.63, 3.8) is 0 Å². The molecule has 2 nitrogen and oxygen atoms in total. The quantitative estimate of drug-likeness (QED) is 0.376. The van der Waals surface area contributed by atoms with Crippen molar-refractivity contribution in [3.8, 4) is 5.75 Å². The van der Waals surface area contributed by atoms with Gasteiger partial charge in [-0.3, -0.25) is 4.79 Å². The van der Waals surface area contributed by atoms with Crippen LogP contribution in [0.3, 0.4) is 0 Å². The minimum absolute atomic E-state index is 0.0283. The number of aromatic hydroxyl groups is 1. The van der Waals surface area contributed by atoms with Crippen molar-refractivity contribution in [2.75, 3.05) is 0 Å². The molecule has 0 radical (unpaired) electrons. The van der Waals surface area contributed by atoms with E-state index in [0.717, 1.165) is 18.4 Å². The fourth-order valence-corrected chi connectivity index (χ4v) is 2.41. The summed E-state index contributed by atoms with van der Waals surface area (Å²) in [6.45, 7) is 6.05. The number of phenols is 1. The summed E-state index contributed by atoms with van der Waals surface area (Å²) in [6.07, 6.45) is 11.3. The molecule has 0 aliphatic rings. The third-order valence-corrected chi connectivity index (χ3v) is 4.19. The smallest absolute Gasteiger partial charge is 0.185 e. The second-order valence-corrected chi connectivity index (χ2v) is 6.31. The van der Waals surface area contributed by atoms with Crippen molar-refractivity contribution in [2.24, 2.45) is 5.41 Å². The Morgan fingerprint density at radius 1 is 1.12 bits per heavy atom. The maximum atomic E-state index is 12.0. The molecular formula is C23H24O2. The highest BCUT2D eigenvalue weighted by Crippen LogP contribution is 2.28. The molecule has 0 aromatic heterocycles. The van der Waals surface area contributed by atoms with Crippen LogP contribution >= 0.6 is 0 Å². The Balaban J connectivity index is 1.92. The summed E-state index contributed by atoms with van der Waals surface area (Å²) in [5, 5.41) is 9.33. The van der Waals surface area contributed by atoms with Crippen molar-refractivity contribution >= 4 is 11.9 Å². The normalized spacial score (nSPS) is 13.8. The molecule has 2 heteroatoms. The van der Waals surface area contributed by atoms with Crippen molar-refractivity contribution < 1.29 is 9.90 Å². The zero-order valence-electron chi connectivity index (χ0n) is 14.6. The molecule has 0 amide bonds. The number of carbonyl (C=O) groups excluding carboxylic acids is 1. The van der Waals surface area contributed by atoms with E-state index in [2.05, 4.69) is 19.6 Å².